The number of hydrogen-bond acceptors (Lipinski definition) is 0. The Morgan fingerprint density at radius 1 is 0.261 bits per heavy atom. The Morgan fingerprint density at radius 2 is 0.681 bits per heavy atom. The molecule has 0 unspecified atom stereocenters. The van der Waals surface area contributed by atoms with E-state index in [0.29, 0.717) is 0 Å². The van der Waals surface area contributed by atoms with E-state index in [1.54, 1.807) is 0 Å². The minimum atomic E-state index is 1.14. The molecular weight excluding hydrogens is 824 g/mol. The van der Waals surface area contributed by atoms with Crippen molar-refractivity contribution >= 4 is 137 Å². The van der Waals surface area contributed by atoms with Crippen molar-refractivity contribution in [1.29, 1.82) is 0 Å². The summed E-state index contributed by atoms with van der Waals surface area (Å²) in [7, 11) is 16.3. The van der Waals surface area contributed by atoms with Gasteiger partial charge < -0.3 is 9.13 Å². The first-order valence-corrected chi connectivity index (χ1v) is 24.3. The number of fused-ring (bicyclic) bond motifs is 6. The molecule has 0 aliphatic rings. The summed E-state index contributed by atoms with van der Waals surface area (Å²) in [6.07, 6.45) is 0. The molecule has 318 valence electrons. The van der Waals surface area contributed by atoms with Gasteiger partial charge in [-0.1, -0.05) is 191 Å². The maximum atomic E-state index is 2.57. The van der Waals surface area contributed by atoms with E-state index in [1.165, 1.54) is 143 Å². The molecule has 0 saturated carbocycles. The largest absolute Gasteiger partial charge is 0.310 e. The van der Waals surface area contributed by atoms with Crippen LogP contribution in [-0.2, 0) is 0 Å². The molecule has 2 aromatic heterocycles. The van der Waals surface area contributed by atoms with Crippen LogP contribution in [-0.4, -0.2) is 64.1 Å². The van der Waals surface area contributed by atoms with Crippen LogP contribution in [0.15, 0.2) is 200 Å². The Kier molecular flexibility index (Phi) is 10.4. The van der Waals surface area contributed by atoms with Crippen LogP contribution in [0, 0.1) is 0 Å². The molecule has 69 heavy (non-hydrogen) atoms. The van der Waals surface area contributed by atoms with Crippen molar-refractivity contribution in [2.45, 2.75) is 0 Å². The lowest BCUT2D eigenvalue weighted by Crippen LogP contribution is -2.48. The third-order valence-corrected chi connectivity index (χ3v) is 15.5. The lowest BCUT2D eigenvalue weighted by atomic mass is 9.64. The van der Waals surface area contributed by atoms with Gasteiger partial charge in [0.05, 0.1) is 11.0 Å². The van der Waals surface area contributed by atoms with E-state index >= 15 is 0 Å². The standard InChI is InChI=1S/C60H47B7N2/c61-52-48(53(62)57(66)59-50(52)51-54(63)55(64)56(65)58(67)60(51)69(59)43-30-25-39(26-31-43)36-15-8-3-9-16-36)41-27-32-46-45(33-41)49-44(40-21-19-37(20-22-40)34-11-4-1-5-12-34)17-10-18-47(49)68(46)42-28-23-38(24-29-42)35-13-6-2-7-14-35/h1-33H,61-67H2. The summed E-state index contributed by atoms with van der Waals surface area (Å²) in [5.74, 6) is 0. The molecule has 2 heterocycles. The zero-order chi connectivity index (χ0) is 47.1. The van der Waals surface area contributed by atoms with Crippen LogP contribution in [0.5, 0.6) is 0 Å². The second kappa shape index (κ2) is 16.8. The summed E-state index contributed by atoms with van der Waals surface area (Å²) >= 11 is 0. The summed E-state index contributed by atoms with van der Waals surface area (Å²) < 4.78 is 5.04. The molecular formula is C60H47B7N2. The van der Waals surface area contributed by atoms with E-state index in [2.05, 4.69) is 264 Å². The van der Waals surface area contributed by atoms with Crippen LogP contribution in [0.25, 0.3) is 111 Å². The fourth-order valence-corrected chi connectivity index (χ4v) is 11.5. The second-order valence-corrected chi connectivity index (χ2v) is 19.1. The topological polar surface area (TPSA) is 9.86 Å². The van der Waals surface area contributed by atoms with Crippen molar-refractivity contribution in [1.82, 2.24) is 9.13 Å². The van der Waals surface area contributed by atoms with Crippen LogP contribution < -0.4 is 38.2 Å². The molecule has 0 radical (unpaired) electrons. The quantitative estimate of drug-likeness (QED) is 0.215. The van der Waals surface area contributed by atoms with Gasteiger partial charge in [-0.3, -0.25) is 0 Å². The second-order valence-electron chi connectivity index (χ2n) is 19.1. The lowest BCUT2D eigenvalue weighted by molar-refractivity contribution is 1.18. The SMILES string of the molecule is Bc1c(B)c(B)c2c(c1B)c1c(B)c(-c3ccc4c(c3)c3c(-c5ccc(-c6ccccc6)cc5)cccc3n4-c3ccc(-c4ccccc4)cc3)c(B)c(B)c1n2-c1ccc(-c2ccccc2)cc1. The predicted octanol–water partition coefficient (Wildman–Crippen LogP) is 4.02. The molecule has 0 spiro atoms. The molecule has 0 N–H and O–H groups in total. The smallest absolute Gasteiger partial charge is 0.141 e. The summed E-state index contributed by atoms with van der Waals surface area (Å²) in [6, 6.07) is 73.5. The third-order valence-electron chi connectivity index (χ3n) is 15.5. The van der Waals surface area contributed by atoms with Crippen molar-refractivity contribution in [2.24, 2.45) is 0 Å². The zero-order valence-corrected chi connectivity index (χ0v) is 40.4. The third kappa shape index (κ3) is 6.81. The minimum Gasteiger partial charge on any atom is -0.310 e. The molecule has 0 aliphatic carbocycles. The summed E-state index contributed by atoms with van der Waals surface area (Å²) in [5, 5.41) is 5.21. The van der Waals surface area contributed by atoms with Crippen LogP contribution >= 0.6 is 0 Å². The average Bonchev–Trinajstić information content (AvgIpc) is 3.94. The van der Waals surface area contributed by atoms with E-state index < -0.39 is 0 Å². The molecule has 0 amide bonds. The zero-order valence-electron chi connectivity index (χ0n) is 40.4. The molecule has 0 saturated heterocycles. The first kappa shape index (κ1) is 42.6. The Bertz CT molecular complexity index is 3980. The van der Waals surface area contributed by atoms with E-state index in [-0.39, 0.29) is 0 Å². The summed E-state index contributed by atoms with van der Waals surface area (Å²) in [4.78, 5) is 0. The van der Waals surface area contributed by atoms with Crippen LogP contribution in [0.1, 0.15) is 0 Å². The van der Waals surface area contributed by atoms with Crippen molar-refractivity contribution < 1.29 is 0 Å². The normalized spacial score (nSPS) is 11.6. The van der Waals surface area contributed by atoms with Crippen molar-refractivity contribution in [3.63, 3.8) is 0 Å². The van der Waals surface area contributed by atoms with E-state index in [1.807, 2.05) is 0 Å². The number of rotatable bonds is 7. The molecule has 0 atom stereocenters. The van der Waals surface area contributed by atoms with Crippen molar-refractivity contribution in [3.05, 3.63) is 200 Å². The first-order valence-electron chi connectivity index (χ1n) is 24.3. The summed E-state index contributed by atoms with van der Waals surface area (Å²) in [6.45, 7) is 0. The van der Waals surface area contributed by atoms with Gasteiger partial charge in [-0.25, -0.2) is 0 Å². The monoisotopic (exact) mass is 872 g/mol. The molecule has 10 aromatic carbocycles. The average molecular weight is 872 g/mol. The molecule has 12 aromatic rings. The highest BCUT2D eigenvalue weighted by molar-refractivity contribution is 6.69. The maximum absolute atomic E-state index is 2.57. The Morgan fingerprint density at radius 3 is 1.22 bits per heavy atom. The number of benzene rings is 10. The van der Waals surface area contributed by atoms with Crippen LogP contribution in [0.2, 0.25) is 0 Å². The highest BCUT2D eigenvalue weighted by Gasteiger charge is 2.26. The molecule has 0 aliphatic heterocycles. The van der Waals surface area contributed by atoms with Gasteiger partial charge in [-0.2, -0.15) is 0 Å². The molecule has 0 bridgehead atoms. The van der Waals surface area contributed by atoms with Gasteiger partial charge in [0, 0.05) is 38.6 Å². The molecule has 2 nitrogen and oxygen atoms in total. The fraction of sp³-hybridized carbons (Fsp3) is 0. The summed E-state index contributed by atoms with van der Waals surface area (Å²) in [5.41, 5.74) is 29.0. The van der Waals surface area contributed by atoms with Crippen LogP contribution in [0.4, 0.5) is 0 Å². The van der Waals surface area contributed by atoms with E-state index in [4.69, 9.17) is 0 Å². The first-order chi connectivity index (χ1) is 33.7. The highest BCUT2D eigenvalue weighted by Crippen LogP contribution is 2.41. The number of aromatic nitrogens is 2. The molecule has 0 fully saturated rings. The van der Waals surface area contributed by atoms with Crippen molar-refractivity contribution in [2.75, 3.05) is 0 Å². The van der Waals surface area contributed by atoms with Gasteiger partial charge in [0.2, 0.25) is 0 Å². The minimum absolute atomic E-state index is 1.14. The van der Waals surface area contributed by atoms with Gasteiger partial charge in [-0.05, 0) is 103 Å². The Labute approximate surface area is 410 Å². The number of nitrogens with zero attached hydrogens (tertiary/aromatic N) is 2. The van der Waals surface area contributed by atoms with Gasteiger partial charge >= 0.3 is 0 Å². The lowest BCUT2D eigenvalue weighted by Gasteiger charge is -2.19. The van der Waals surface area contributed by atoms with Gasteiger partial charge in [0.1, 0.15) is 54.9 Å². The Hall–Kier alpha value is -7.75. The fourth-order valence-electron chi connectivity index (χ4n) is 11.5. The van der Waals surface area contributed by atoms with E-state index in [0.717, 1.165) is 5.69 Å². The van der Waals surface area contributed by atoms with Crippen molar-refractivity contribution in [3.8, 4) is 67.0 Å². The highest BCUT2D eigenvalue weighted by atomic mass is 15.0. The molecule has 12 rings (SSSR count). The van der Waals surface area contributed by atoms with E-state index in [9.17, 15) is 0 Å². The maximum Gasteiger partial charge on any atom is 0.141 e. The number of hydrogen-bond donors (Lipinski definition) is 0. The van der Waals surface area contributed by atoms with Gasteiger partial charge in [0.25, 0.3) is 0 Å². The Balaban J connectivity index is 1.10. The predicted molar refractivity (Wildman–Crippen MR) is 320 cm³/mol. The molecule has 9 heteroatoms. The van der Waals surface area contributed by atoms with Crippen LogP contribution in [0.3, 0.4) is 0 Å². The van der Waals surface area contributed by atoms with Gasteiger partial charge in [-0.15, -0.1) is 5.46 Å². The van der Waals surface area contributed by atoms with Gasteiger partial charge in [0.15, 0.2) is 0 Å².